The summed E-state index contributed by atoms with van der Waals surface area (Å²) in [6, 6.07) is 1.20. The number of hydrogen-bond donors (Lipinski definition) is 0. The maximum absolute atomic E-state index is 11.8. The zero-order chi connectivity index (χ0) is 10.8. The molecule has 1 rings (SSSR count). The molecule has 7 heteroatoms. The van der Waals surface area contributed by atoms with Crippen LogP contribution in [0.15, 0.2) is 12.3 Å². The van der Waals surface area contributed by atoms with Crippen molar-refractivity contribution in [2.75, 3.05) is 0 Å². The van der Waals surface area contributed by atoms with E-state index in [1.165, 1.54) is 6.07 Å². The van der Waals surface area contributed by atoms with E-state index in [1.54, 1.807) is 22.6 Å². The highest BCUT2D eigenvalue weighted by atomic mass is 127. The summed E-state index contributed by atoms with van der Waals surface area (Å²) in [7, 11) is 0. The Balaban J connectivity index is 3.03. The van der Waals surface area contributed by atoms with Gasteiger partial charge in [-0.15, -0.1) is 13.2 Å². The molecular formula is C7H3F3INO2. The molecule has 0 fully saturated rings. The van der Waals surface area contributed by atoms with Gasteiger partial charge in [0.2, 0.25) is 0 Å². The fourth-order valence-corrected chi connectivity index (χ4v) is 1.21. The van der Waals surface area contributed by atoms with Crippen LogP contribution in [-0.2, 0) is 0 Å². The van der Waals surface area contributed by atoms with Gasteiger partial charge >= 0.3 is 6.36 Å². The fourth-order valence-electron chi connectivity index (χ4n) is 0.734. The predicted octanol–water partition coefficient (Wildman–Crippen LogP) is 2.40. The third-order valence-corrected chi connectivity index (χ3v) is 1.81. The van der Waals surface area contributed by atoms with Gasteiger partial charge in [0.1, 0.15) is 3.70 Å². The van der Waals surface area contributed by atoms with E-state index in [2.05, 4.69) is 9.72 Å². The predicted molar refractivity (Wildman–Crippen MR) is 49.0 cm³/mol. The number of hydrogen-bond acceptors (Lipinski definition) is 3. The largest absolute Gasteiger partial charge is 0.573 e. The molecular weight excluding hydrogens is 314 g/mol. The Morgan fingerprint density at radius 3 is 2.64 bits per heavy atom. The van der Waals surface area contributed by atoms with E-state index >= 15 is 0 Å². The van der Waals surface area contributed by atoms with Crippen molar-refractivity contribution in [2.45, 2.75) is 6.36 Å². The highest BCUT2D eigenvalue weighted by Gasteiger charge is 2.32. The lowest BCUT2D eigenvalue weighted by Crippen LogP contribution is -2.18. The second-order valence-electron chi connectivity index (χ2n) is 2.21. The van der Waals surface area contributed by atoms with E-state index in [0.717, 1.165) is 6.20 Å². The van der Waals surface area contributed by atoms with Crippen molar-refractivity contribution >= 4 is 28.9 Å². The molecule has 14 heavy (non-hydrogen) atoms. The summed E-state index contributed by atoms with van der Waals surface area (Å²) < 4.78 is 39.4. The van der Waals surface area contributed by atoms with E-state index in [1.807, 2.05) is 0 Å². The molecule has 3 nitrogen and oxygen atoms in total. The molecule has 0 aliphatic rings. The Morgan fingerprint density at radius 2 is 2.14 bits per heavy atom. The summed E-state index contributed by atoms with van der Waals surface area (Å²) in [4.78, 5) is 14.0. The third kappa shape index (κ3) is 3.13. The minimum Gasteiger partial charge on any atom is -0.403 e. The Hall–Kier alpha value is -0.860. The van der Waals surface area contributed by atoms with Crippen molar-refractivity contribution in [3.05, 3.63) is 21.5 Å². The minimum atomic E-state index is -4.81. The van der Waals surface area contributed by atoms with Crippen molar-refractivity contribution in [3.8, 4) is 5.75 Å². The average molecular weight is 317 g/mol. The third-order valence-electron chi connectivity index (χ3n) is 1.22. The number of halogens is 4. The number of aromatic nitrogens is 1. The monoisotopic (exact) mass is 317 g/mol. The van der Waals surface area contributed by atoms with Gasteiger partial charge in [-0.05, 0) is 28.7 Å². The van der Waals surface area contributed by atoms with Gasteiger partial charge in [0.15, 0.2) is 12.0 Å². The first-order valence-electron chi connectivity index (χ1n) is 3.29. The van der Waals surface area contributed by atoms with Crippen LogP contribution in [0.2, 0.25) is 0 Å². The molecule has 0 amide bonds. The molecule has 0 spiro atoms. The van der Waals surface area contributed by atoms with Crippen LogP contribution in [0.1, 0.15) is 10.4 Å². The van der Waals surface area contributed by atoms with Gasteiger partial charge in [-0.2, -0.15) is 0 Å². The molecule has 1 heterocycles. The van der Waals surface area contributed by atoms with Gasteiger partial charge in [0, 0.05) is 0 Å². The average Bonchev–Trinajstić information content (AvgIpc) is 2.06. The number of ether oxygens (including phenoxy) is 1. The van der Waals surface area contributed by atoms with E-state index < -0.39 is 12.1 Å². The highest BCUT2D eigenvalue weighted by Crippen LogP contribution is 2.25. The first-order valence-corrected chi connectivity index (χ1v) is 4.37. The van der Waals surface area contributed by atoms with Gasteiger partial charge in [0.05, 0.1) is 11.8 Å². The number of carbonyl (C=O) groups is 1. The molecule has 0 saturated heterocycles. The van der Waals surface area contributed by atoms with Gasteiger partial charge in [-0.25, -0.2) is 4.98 Å². The Labute approximate surface area is 90.4 Å². The summed E-state index contributed by atoms with van der Waals surface area (Å²) in [6.45, 7) is 0. The summed E-state index contributed by atoms with van der Waals surface area (Å²) in [6.07, 6.45) is -3.67. The van der Waals surface area contributed by atoms with Crippen molar-refractivity contribution in [1.82, 2.24) is 4.98 Å². The molecule has 0 radical (unpaired) electrons. The summed E-state index contributed by atoms with van der Waals surface area (Å²) in [5, 5.41) is 0. The molecule has 1 aromatic heterocycles. The molecule has 0 saturated carbocycles. The van der Waals surface area contributed by atoms with E-state index in [0.29, 0.717) is 3.70 Å². The van der Waals surface area contributed by atoms with Crippen LogP contribution in [0.3, 0.4) is 0 Å². The van der Waals surface area contributed by atoms with Gasteiger partial charge in [-0.1, -0.05) is 0 Å². The topological polar surface area (TPSA) is 39.2 Å². The van der Waals surface area contributed by atoms with Crippen LogP contribution in [0.5, 0.6) is 5.75 Å². The first-order chi connectivity index (χ1) is 6.42. The SMILES string of the molecule is O=Cc1cc(I)ncc1OC(F)(F)F. The van der Waals surface area contributed by atoms with Crippen LogP contribution in [0.25, 0.3) is 0 Å². The highest BCUT2D eigenvalue weighted by molar-refractivity contribution is 14.1. The number of alkyl halides is 3. The van der Waals surface area contributed by atoms with Crippen molar-refractivity contribution in [2.24, 2.45) is 0 Å². The second kappa shape index (κ2) is 4.11. The molecule has 1 aromatic rings. The van der Waals surface area contributed by atoms with Crippen molar-refractivity contribution in [3.63, 3.8) is 0 Å². The van der Waals surface area contributed by atoms with Gasteiger partial charge in [0.25, 0.3) is 0 Å². The molecule has 0 atom stereocenters. The fraction of sp³-hybridized carbons (Fsp3) is 0.143. The maximum Gasteiger partial charge on any atom is 0.573 e. The molecule has 76 valence electrons. The maximum atomic E-state index is 11.8. The first kappa shape index (κ1) is 11.2. The number of aldehydes is 1. The van der Waals surface area contributed by atoms with Crippen LogP contribution < -0.4 is 4.74 Å². The zero-order valence-electron chi connectivity index (χ0n) is 6.51. The lowest BCUT2D eigenvalue weighted by molar-refractivity contribution is -0.274. The molecule has 0 unspecified atom stereocenters. The molecule has 0 aromatic carbocycles. The number of pyridine rings is 1. The molecule has 0 aliphatic heterocycles. The summed E-state index contributed by atoms with van der Waals surface area (Å²) in [5.41, 5.74) is -0.179. The van der Waals surface area contributed by atoms with Crippen LogP contribution >= 0.6 is 22.6 Å². The van der Waals surface area contributed by atoms with Crippen molar-refractivity contribution in [1.29, 1.82) is 0 Å². The lowest BCUT2D eigenvalue weighted by atomic mass is 10.3. The zero-order valence-corrected chi connectivity index (χ0v) is 8.67. The smallest absolute Gasteiger partial charge is 0.403 e. The summed E-state index contributed by atoms with van der Waals surface area (Å²) in [5.74, 6) is -0.590. The standard InChI is InChI=1S/C7H3F3INO2/c8-7(9,10)14-5-2-12-6(11)1-4(5)3-13/h1-3H. The summed E-state index contributed by atoms with van der Waals surface area (Å²) >= 11 is 1.78. The number of carbonyl (C=O) groups excluding carboxylic acids is 1. The Morgan fingerprint density at radius 1 is 1.50 bits per heavy atom. The quantitative estimate of drug-likeness (QED) is 0.478. The lowest BCUT2D eigenvalue weighted by Gasteiger charge is -2.09. The van der Waals surface area contributed by atoms with E-state index in [9.17, 15) is 18.0 Å². The number of rotatable bonds is 2. The normalized spacial score (nSPS) is 11.1. The Bertz CT molecular complexity index is 353. The molecule has 0 N–H and O–H groups in total. The van der Waals surface area contributed by atoms with Crippen molar-refractivity contribution < 1.29 is 22.7 Å². The van der Waals surface area contributed by atoms with E-state index in [-0.39, 0.29) is 11.8 Å². The number of nitrogens with zero attached hydrogens (tertiary/aromatic N) is 1. The van der Waals surface area contributed by atoms with Gasteiger partial charge < -0.3 is 4.74 Å². The van der Waals surface area contributed by atoms with E-state index in [4.69, 9.17) is 0 Å². The minimum absolute atomic E-state index is 0.179. The van der Waals surface area contributed by atoms with Crippen LogP contribution in [-0.4, -0.2) is 17.6 Å². The Kier molecular flexibility index (Phi) is 3.29. The van der Waals surface area contributed by atoms with Gasteiger partial charge in [-0.3, -0.25) is 4.79 Å². The molecule has 0 aliphatic carbocycles. The van der Waals surface area contributed by atoms with Crippen LogP contribution in [0.4, 0.5) is 13.2 Å². The van der Waals surface area contributed by atoms with Crippen LogP contribution in [0, 0.1) is 3.70 Å². The second-order valence-corrected chi connectivity index (χ2v) is 3.32. The molecule has 0 bridgehead atoms.